The highest BCUT2D eigenvalue weighted by atomic mass is 32.2. The van der Waals surface area contributed by atoms with Crippen molar-refractivity contribution in [3.05, 3.63) is 95.1 Å². The number of primary sulfonamides is 1. The van der Waals surface area contributed by atoms with Crippen molar-refractivity contribution in [2.24, 2.45) is 5.14 Å². The van der Waals surface area contributed by atoms with Crippen molar-refractivity contribution >= 4 is 55.7 Å². The monoisotopic (exact) mass is 1200 g/mol. The molecule has 0 aromatic carbocycles. The molecule has 4 aromatic rings. The van der Waals surface area contributed by atoms with Crippen LogP contribution < -0.4 is 20.5 Å². The second kappa shape index (κ2) is 26.9. The largest absolute Gasteiger partial charge is 0.478 e. The predicted octanol–water partition coefficient (Wildman–Crippen LogP) is 8.41. The van der Waals surface area contributed by atoms with Gasteiger partial charge in [0.1, 0.15) is 28.4 Å². The van der Waals surface area contributed by atoms with Gasteiger partial charge >= 0.3 is 18.2 Å². The molecule has 0 saturated carbocycles. The van der Waals surface area contributed by atoms with E-state index in [0.29, 0.717) is 62.8 Å². The lowest BCUT2D eigenvalue weighted by Crippen LogP contribution is -2.45. The van der Waals surface area contributed by atoms with Crippen molar-refractivity contribution in [2.45, 2.75) is 179 Å². The summed E-state index contributed by atoms with van der Waals surface area (Å²) in [5.74, 6) is -3.79. The maximum absolute atomic E-state index is 14.5. The van der Waals surface area contributed by atoms with Gasteiger partial charge in [0.15, 0.2) is 10.1 Å². The number of carboxylic acids is 1. The van der Waals surface area contributed by atoms with Crippen LogP contribution in [0.4, 0.5) is 30.0 Å². The average Bonchev–Trinajstić information content (AvgIpc) is 3.91. The Hall–Kier alpha value is -6.68. The summed E-state index contributed by atoms with van der Waals surface area (Å²) in [6.07, 6.45) is 0.306. The lowest BCUT2D eigenvalue weighted by molar-refractivity contribution is 0.00953. The van der Waals surface area contributed by atoms with Crippen LogP contribution in [0.2, 0.25) is 0 Å². The topological polar surface area (TPSA) is 314 Å². The van der Waals surface area contributed by atoms with Crippen LogP contribution in [-0.4, -0.2) is 150 Å². The van der Waals surface area contributed by atoms with Gasteiger partial charge < -0.3 is 44.5 Å². The fraction of sp³-hybridized carbons (Fsp3) is 0.571. The van der Waals surface area contributed by atoms with Gasteiger partial charge in [-0.3, -0.25) is 4.79 Å². The number of pyridine rings is 4. The van der Waals surface area contributed by atoms with Gasteiger partial charge in [-0.15, -0.1) is 0 Å². The first-order valence-corrected chi connectivity index (χ1v) is 29.7. The SMILES string of the molecule is CC(C)(C)OC(=O)N1CC(OCCNc2cccc(S(=O)(=O)NC(=O)c3ccc(C(C)(C)C)nc3F)n2)CC1(C)C.CC(C)(C)OC(=O)N1CC(OCCNc2cccc(S(N)(=O)=O)n2)CC1(C)C.CC(C)(C)c1ccc(C(=O)O)c(F)n1. The van der Waals surface area contributed by atoms with E-state index in [2.05, 4.69) is 30.6 Å². The maximum atomic E-state index is 14.5. The molecule has 6 heterocycles. The molecule has 0 aliphatic carbocycles. The molecule has 2 saturated heterocycles. The third-order valence-electron chi connectivity index (χ3n) is 12.4. The Kier molecular flexibility index (Phi) is 22.3. The molecule has 3 amide bonds. The summed E-state index contributed by atoms with van der Waals surface area (Å²) in [7, 11) is -8.24. The Labute approximate surface area is 486 Å². The van der Waals surface area contributed by atoms with Gasteiger partial charge in [-0.2, -0.15) is 17.2 Å². The van der Waals surface area contributed by atoms with E-state index in [1.807, 2.05) is 116 Å². The van der Waals surface area contributed by atoms with Gasteiger partial charge in [-0.05, 0) is 131 Å². The standard InChI is InChI=1S/C28H40FN5O6S.C18H30N4O5S.C10H12FNO2/c1-26(2,3)20-13-12-19(23(29)31-20)24(35)33-41(37,38)22-11-9-10-21(32-22)30-14-15-39-18-16-28(7,8)34(17-18)25(36)40-27(4,5)6;1-17(2,3)27-16(23)22-12-13(11-18(22,4)5)26-10-9-20-14-7-6-8-15(21-14)28(19,24)25;1-10(2,3)7-5-4-6(9(13)14)8(11)12-7/h9-13,18H,14-17H2,1-8H3,(H,30,32)(H,33,35);6-8,13H,9-12H2,1-5H3,(H,20,21)(H2,19,24,25);4-5H,1-3H3,(H,13,14). The Morgan fingerprint density at radius 2 is 1.00 bits per heavy atom. The minimum Gasteiger partial charge on any atom is -0.478 e. The predicted molar refractivity (Wildman–Crippen MR) is 307 cm³/mol. The number of sulfonamides is 2. The Bertz CT molecular complexity index is 3180. The second-order valence-corrected chi connectivity index (χ2v) is 28.3. The van der Waals surface area contributed by atoms with Crippen molar-refractivity contribution in [2.75, 3.05) is 50.0 Å². The van der Waals surface area contributed by atoms with Gasteiger partial charge in [-0.25, -0.2) is 52.6 Å². The average molecular weight is 1210 g/mol. The van der Waals surface area contributed by atoms with Crippen molar-refractivity contribution in [3.63, 3.8) is 0 Å². The van der Waals surface area contributed by atoms with Crippen LogP contribution in [0.1, 0.15) is 156 Å². The number of nitrogens with one attached hydrogen (secondary N) is 3. The Morgan fingerprint density at radius 3 is 1.36 bits per heavy atom. The molecule has 6 rings (SSSR count). The van der Waals surface area contributed by atoms with Crippen LogP contribution in [0.5, 0.6) is 0 Å². The first kappa shape index (κ1) is 68.8. The zero-order chi connectivity index (χ0) is 62.9. The molecule has 23 nitrogen and oxygen atoms in total. The highest BCUT2D eigenvalue weighted by molar-refractivity contribution is 7.90. The number of anilines is 2. The summed E-state index contributed by atoms with van der Waals surface area (Å²) in [4.78, 5) is 66.9. The van der Waals surface area contributed by atoms with Crippen LogP contribution in [-0.2, 0) is 49.8 Å². The van der Waals surface area contributed by atoms with Crippen LogP contribution in [0, 0.1) is 11.9 Å². The number of carbonyl (C=O) groups is 4. The molecule has 0 spiro atoms. The molecule has 2 aliphatic rings. The smallest absolute Gasteiger partial charge is 0.410 e. The van der Waals surface area contributed by atoms with Gasteiger partial charge in [-0.1, -0.05) is 53.7 Å². The van der Waals surface area contributed by atoms with Gasteiger partial charge in [0.05, 0.1) is 44.1 Å². The molecule has 4 aromatic heterocycles. The summed E-state index contributed by atoms with van der Waals surface area (Å²) < 4.78 is 101. The Morgan fingerprint density at radius 1 is 0.614 bits per heavy atom. The van der Waals surface area contributed by atoms with Crippen molar-refractivity contribution in [1.29, 1.82) is 0 Å². The quantitative estimate of drug-likeness (QED) is 0.0551. The fourth-order valence-electron chi connectivity index (χ4n) is 8.27. The first-order chi connectivity index (χ1) is 37.9. The van der Waals surface area contributed by atoms with E-state index in [-0.39, 0.29) is 52.8 Å². The van der Waals surface area contributed by atoms with Crippen LogP contribution >= 0.6 is 0 Å². The van der Waals surface area contributed by atoms with Gasteiger partial charge in [0, 0.05) is 46.4 Å². The highest BCUT2D eigenvalue weighted by Gasteiger charge is 2.45. The summed E-state index contributed by atoms with van der Waals surface area (Å²) in [6, 6.07) is 14.3. The molecule has 2 fully saturated rings. The summed E-state index contributed by atoms with van der Waals surface area (Å²) in [6.45, 7) is 32.3. The number of hydrogen-bond donors (Lipinski definition) is 5. The van der Waals surface area contributed by atoms with Crippen LogP contribution in [0.15, 0.2) is 70.7 Å². The number of likely N-dealkylation sites (tertiary alicyclic amines) is 2. The number of carbonyl (C=O) groups excluding carboxylic acids is 3. The Balaban J connectivity index is 0.000000302. The van der Waals surface area contributed by atoms with E-state index in [9.17, 15) is 44.8 Å². The number of carboxylic acid groups (broad SMARTS) is 1. The van der Waals surface area contributed by atoms with E-state index in [4.69, 9.17) is 29.2 Å². The summed E-state index contributed by atoms with van der Waals surface area (Å²) >= 11 is 0. The number of aromatic carboxylic acids is 1. The zero-order valence-electron chi connectivity index (χ0n) is 50.3. The summed E-state index contributed by atoms with van der Waals surface area (Å²) in [5, 5.41) is 19.1. The molecule has 2 atom stereocenters. The van der Waals surface area contributed by atoms with E-state index in [1.165, 1.54) is 42.5 Å². The van der Waals surface area contributed by atoms with Crippen molar-refractivity contribution in [1.82, 2.24) is 34.5 Å². The van der Waals surface area contributed by atoms with Crippen LogP contribution in [0.25, 0.3) is 0 Å². The number of rotatable bonds is 15. The number of amides is 3. The number of halogens is 2. The molecule has 27 heteroatoms. The minimum atomic E-state index is -4.40. The minimum absolute atomic E-state index is 0.104. The zero-order valence-corrected chi connectivity index (χ0v) is 51.9. The van der Waals surface area contributed by atoms with E-state index in [1.54, 1.807) is 28.0 Å². The third kappa shape index (κ3) is 21.2. The van der Waals surface area contributed by atoms with E-state index < -0.39 is 82.1 Å². The highest BCUT2D eigenvalue weighted by Crippen LogP contribution is 2.33. The number of nitrogens with zero attached hydrogens (tertiary/aromatic N) is 6. The molecular weight excluding hydrogens is 1120 g/mol. The van der Waals surface area contributed by atoms with Crippen molar-refractivity contribution < 1.29 is 68.8 Å². The number of ether oxygens (including phenoxy) is 4. The fourth-order valence-corrected chi connectivity index (χ4v) is 9.70. The third-order valence-corrected chi connectivity index (χ3v) is 14.4. The van der Waals surface area contributed by atoms with Gasteiger partial charge in [0.2, 0.25) is 11.9 Å². The lowest BCUT2D eigenvalue weighted by atomic mass is 9.91. The number of aromatic nitrogens is 4. The van der Waals surface area contributed by atoms with E-state index >= 15 is 0 Å². The molecule has 6 N–H and O–H groups in total. The molecule has 0 bridgehead atoms. The van der Waals surface area contributed by atoms with E-state index in [0.717, 1.165) is 0 Å². The molecule has 2 unspecified atom stereocenters. The van der Waals surface area contributed by atoms with Crippen LogP contribution in [0.3, 0.4) is 0 Å². The van der Waals surface area contributed by atoms with Crippen molar-refractivity contribution in [3.8, 4) is 0 Å². The lowest BCUT2D eigenvalue weighted by Gasteiger charge is -2.33. The molecule has 83 heavy (non-hydrogen) atoms. The number of nitrogens with two attached hydrogens (primary N) is 1. The normalized spacial score (nSPS) is 17.0. The molecule has 2 aliphatic heterocycles. The molecular formula is C56H82F2N10O13S2. The molecule has 460 valence electrons. The molecule has 0 radical (unpaired) electrons. The second-order valence-electron chi connectivity index (χ2n) is 25.1. The summed E-state index contributed by atoms with van der Waals surface area (Å²) in [5.41, 5.74) is -2.57. The number of hydrogen-bond acceptors (Lipinski definition) is 18. The van der Waals surface area contributed by atoms with Gasteiger partial charge in [0.25, 0.3) is 26.0 Å². The maximum Gasteiger partial charge on any atom is 0.410 e. The first-order valence-electron chi connectivity index (χ1n) is 26.7.